The number of H-pyrrole nitrogens is 1. The molecule has 10 heteroatoms. The molecule has 4 aromatic rings. The van der Waals surface area contributed by atoms with Gasteiger partial charge in [0.1, 0.15) is 22.3 Å². The number of hydrogen-bond donors (Lipinski definition) is 2. The Kier molecular flexibility index (Phi) is 4.60. The summed E-state index contributed by atoms with van der Waals surface area (Å²) in [6.07, 6.45) is 3.85. The first-order valence-corrected chi connectivity index (χ1v) is 10.5. The molecule has 9 nitrogen and oxygen atoms in total. The Morgan fingerprint density at radius 3 is 3.03 bits per heavy atom. The Morgan fingerprint density at radius 1 is 1.42 bits per heavy atom. The van der Waals surface area contributed by atoms with Gasteiger partial charge in [-0.1, -0.05) is 6.07 Å². The first-order valence-electron chi connectivity index (χ1n) is 9.69. The number of nitrogens with one attached hydrogen (secondary N) is 2. The van der Waals surface area contributed by atoms with Gasteiger partial charge in [-0.05, 0) is 24.1 Å². The van der Waals surface area contributed by atoms with Gasteiger partial charge in [0.25, 0.3) is 5.91 Å². The maximum Gasteiger partial charge on any atom is 0.259 e. The molecule has 0 bridgehead atoms. The number of aromatic nitrogens is 4. The topological polar surface area (TPSA) is 112 Å². The van der Waals surface area contributed by atoms with Gasteiger partial charge in [-0.3, -0.25) is 9.48 Å². The molecule has 1 aliphatic heterocycles. The number of hydrogen-bond acceptors (Lipinski definition) is 7. The predicted molar refractivity (Wildman–Crippen MR) is 118 cm³/mol. The molecule has 0 unspecified atom stereocenters. The average Bonchev–Trinajstić information content (AvgIpc) is 3.48. The molecular formula is C21H19N7O2S. The van der Waals surface area contributed by atoms with Gasteiger partial charge in [-0.2, -0.15) is 10.4 Å². The number of carbonyl (C=O) groups excluding carboxylic acids is 1. The number of para-hydroxylation sites is 1. The molecule has 3 aromatic heterocycles. The molecule has 31 heavy (non-hydrogen) atoms. The summed E-state index contributed by atoms with van der Waals surface area (Å²) in [7, 11) is 3.39. The zero-order chi connectivity index (χ0) is 21.5. The third kappa shape index (κ3) is 3.29. The molecule has 0 spiro atoms. The summed E-state index contributed by atoms with van der Waals surface area (Å²) in [5, 5.41) is 17.2. The van der Waals surface area contributed by atoms with Crippen molar-refractivity contribution < 1.29 is 9.53 Å². The number of amides is 1. The summed E-state index contributed by atoms with van der Waals surface area (Å²) in [6, 6.07) is 8.05. The second-order valence-corrected chi connectivity index (χ2v) is 8.37. The Morgan fingerprint density at radius 2 is 2.29 bits per heavy atom. The van der Waals surface area contributed by atoms with Crippen LogP contribution in [0.2, 0.25) is 0 Å². The Labute approximate surface area is 181 Å². The first kappa shape index (κ1) is 19.1. The number of aromatic amines is 1. The minimum absolute atomic E-state index is 0.274. The molecule has 0 saturated carbocycles. The van der Waals surface area contributed by atoms with Crippen molar-refractivity contribution in [2.24, 2.45) is 7.05 Å². The third-order valence-electron chi connectivity index (χ3n) is 5.35. The number of carbonyl (C=O) groups is 1. The summed E-state index contributed by atoms with van der Waals surface area (Å²) >= 11 is 1.44. The number of aryl methyl sites for hydroxylation is 1. The molecule has 1 aromatic carbocycles. The maximum atomic E-state index is 12.5. The van der Waals surface area contributed by atoms with E-state index in [4.69, 9.17) is 9.72 Å². The van der Waals surface area contributed by atoms with Crippen molar-refractivity contribution in [3.05, 3.63) is 52.2 Å². The van der Waals surface area contributed by atoms with E-state index in [1.807, 2.05) is 18.2 Å². The largest absolute Gasteiger partial charge is 0.494 e. The van der Waals surface area contributed by atoms with Gasteiger partial charge in [0.2, 0.25) is 5.95 Å². The summed E-state index contributed by atoms with van der Waals surface area (Å²) < 4.78 is 6.98. The van der Waals surface area contributed by atoms with Crippen molar-refractivity contribution in [2.45, 2.75) is 13.0 Å². The van der Waals surface area contributed by atoms with Crippen LogP contribution in [-0.2, 0) is 20.0 Å². The minimum atomic E-state index is -0.274. The fourth-order valence-electron chi connectivity index (χ4n) is 3.81. The maximum absolute atomic E-state index is 12.5. The van der Waals surface area contributed by atoms with E-state index < -0.39 is 0 Å². The van der Waals surface area contributed by atoms with Crippen LogP contribution in [0.3, 0.4) is 0 Å². The second-order valence-electron chi connectivity index (χ2n) is 7.26. The fourth-order valence-corrected chi connectivity index (χ4v) is 5.02. The third-order valence-corrected chi connectivity index (χ3v) is 6.48. The van der Waals surface area contributed by atoms with Crippen molar-refractivity contribution in [3.63, 3.8) is 0 Å². The number of imidazole rings is 1. The van der Waals surface area contributed by atoms with Crippen molar-refractivity contribution in [3.8, 4) is 11.8 Å². The van der Waals surface area contributed by atoms with Gasteiger partial charge in [0.15, 0.2) is 0 Å². The van der Waals surface area contributed by atoms with Crippen LogP contribution >= 0.6 is 11.3 Å². The van der Waals surface area contributed by atoms with E-state index in [0.717, 1.165) is 39.7 Å². The van der Waals surface area contributed by atoms with Crippen LogP contribution in [0.4, 0.5) is 10.9 Å². The zero-order valence-corrected chi connectivity index (χ0v) is 17.8. The lowest BCUT2D eigenvalue weighted by Crippen LogP contribution is -2.30. The monoisotopic (exact) mass is 433 g/mol. The molecular weight excluding hydrogens is 414 g/mol. The van der Waals surface area contributed by atoms with E-state index in [9.17, 15) is 10.1 Å². The van der Waals surface area contributed by atoms with Gasteiger partial charge in [0.05, 0.1) is 36.5 Å². The van der Waals surface area contributed by atoms with Gasteiger partial charge in [0, 0.05) is 24.7 Å². The average molecular weight is 433 g/mol. The lowest BCUT2D eigenvalue weighted by molar-refractivity contribution is 0.102. The van der Waals surface area contributed by atoms with Crippen LogP contribution in [0, 0.1) is 11.3 Å². The lowest BCUT2D eigenvalue weighted by atomic mass is 10.0. The molecule has 1 aliphatic rings. The molecule has 0 aliphatic carbocycles. The van der Waals surface area contributed by atoms with Crippen LogP contribution in [-0.4, -0.2) is 39.3 Å². The van der Waals surface area contributed by atoms with Crippen molar-refractivity contribution in [1.29, 1.82) is 5.26 Å². The highest BCUT2D eigenvalue weighted by atomic mass is 32.1. The molecule has 0 saturated heterocycles. The highest BCUT2D eigenvalue weighted by molar-refractivity contribution is 7.16. The van der Waals surface area contributed by atoms with Crippen molar-refractivity contribution >= 4 is 39.2 Å². The highest BCUT2D eigenvalue weighted by Crippen LogP contribution is 2.38. The number of anilines is 2. The van der Waals surface area contributed by atoms with Gasteiger partial charge >= 0.3 is 0 Å². The van der Waals surface area contributed by atoms with E-state index >= 15 is 0 Å². The van der Waals surface area contributed by atoms with Crippen LogP contribution in [0.15, 0.2) is 30.6 Å². The zero-order valence-electron chi connectivity index (χ0n) is 17.0. The summed E-state index contributed by atoms with van der Waals surface area (Å²) in [5.41, 5.74) is 3.70. The van der Waals surface area contributed by atoms with Gasteiger partial charge < -0.3 is 19.9 Å². The van der Waals surface area contributed by atoms with E-state index in [1.54, 1.807) is 25.0 Å². The first-order chi connectivity index (χ1) is 15.1. The number of rotatable bonds is 4. The number of fused-ring (bicyclic) bond motifs is 2. The van der Waals surface area contributed by atoms with Crippen LogP contribution in [0.1, 0.15) is 26.4 Å². The van der Waals surface area contributed by atoms with E-state index in [0.29, 0.717) is 29.1 Å². The summed E-state index contributed by atoms with van der Waals surface area (Å²) in [6.45, 7) is 1.33. The Balaban J connectivity index is 1.43. The lowest BCUT2D eigenvalue weighted by Gasteiger charge is -2.26. The number of ether oxygens (including phenoxy) is 1. The molecule has 1 amide bonds. The number of nitrogens with zero attached hydrogens (tertiary/aromatic N) is 5. The van der Waals surface area contributed by atoms with E-state index in [-0.39, 0.29) is 5.91 Å². The standard InChI is InChI=1S/C21H19N7O2S/c1-27-10-12(9-23-27)19(29)26-20-14(8-22)13-6-7-28(11-17(13)31-20)21-24-15-4-3-5-16(30-2)18(15)25-21/h3-5,9-10H,6-7,11H2,1-2H3,(H,24,25)(H,26,29). The normalized spacial score (nSPS) is 13.1. The van der Waals surface area contributed by atoms with Crippen LogP contribution < -0.4 is 15.0 Å². The quantitative estimate of drug-likeness (QED) is 0.512. The molecule has 0 radical (unpaired) electrons. The second kappa shape index (κ2) is 7.45. The minimum Gasteiger partial charge on any atom is -0.494 e. The molecule has 5 rings (SSSR count). The SMILES string of the molecule is COc1cccc2[nH]c(N3CCc4c(sc(NC(=O)c5cnn(C)c5)c4C#N)C3)nc12. The number of thiophene rings is 1. The van der Waals surface area contributed by atoms with Gasteiger partial charge in [-0.15, -0.1) is 11.3 Å². The Hall–Kier alpha value is -3.84. The predicted octanol–water partition coefficient (Wildman–Crippen LogP) is 3.05. The smallest absolute Gasteiger partial charge is 0.259 e. The van der Waals surface area contributed by atoms with E-state index in [1.165, 1.54) is 17.5 Å². The molecule has 2 N–H and O–H groups in total. The summed E-state index contributed by atoms with van der Waals surface area (Å²) in [5.74, 6) is 1.21. The molecule has 0 atom stereocenters. The van der Waals surface area contributed by atoms with Crippen LogP contribution in [0.25, 0.3) is 11.0 Å². The van der Waals surface area contributed by atoms with Gasteiger partial charge in [-0.25, -0.2) is 4.98 Å². The molecule has 4 heterocycles. The fraction of sp³-hybridized carbons (Fsp3) is 0.238. The van der Waals surface area contributed by atoms with Crippen molar-refractivity contribution in [1.82, 2.24) is 19.7 Å². The summed E-state index contributed by atoms with van der Waals surface area (Å²) in [4.78, 5) is 23.8. The number of methoxy groups -OCH3 is 1. The van der Waals surface area contributed by atoms with Crippen molar-refractivity contribution in [2.75, 3.05) is 23.9 Å². The molecule has 0 fully saturated rings. The number of benzene rings is 1. The number of nitriles is 1. The molecule has 156 valence electrons. The van der Waals surface area contributed by atoms with E-state index in [2.05, 4.69) is 26.4 Å². The van der Waals surface area contributed by atoms with Crippen LogP contribution in [0.5, 0.6) is 5.75 Å². The Bertz CT molecular complexity index is 1340. The highest BCUT2D eigenvalue weighted by Gasteiger charge is 2.27.